The van der Waals surface area contributed by atoms with Crippen LogP contribution in [0, 0.1) is 12.7 Å². The summed E-state index contributed by atoms with van der Waals surface area (Å²) in [5.41, 5.74) is 8.47. The molecule has 1 amide bonds. The Labute approximate surface area is 196 Å². The van der Waals surface area contributed by atoms with Gasteiger partial charge in [-0.05, 0) is 45.0 Å². The molecule has 3 aromatic rings. The summed E-state index contributed by atoms with van der Waals surface area (Å²) in [7, 11) is 1.43. The van der Waals surface area contributed by atoms with E-state index in [9.17, 15) is 13.6 Å². The number of anilines is 1. The minimum Gasteiger partial charge on any atom is -0.434 e. The molecule has 1 aromatic heterocycles. The van der Waals surface area contributed by atoms with Gasteiger partial charge in [-0.3, -0.25) is 9.78 Å². The van der Waals surface area contributed by atoms with E-state index < -0.39 is 23.9 Å². The maximum absolute atomic E-state index is 15.0. The van der Waals surface area contributed by atoms with E-state index in [0.29, 0.717) is 22.5 Å². The van der Waals surface area contributed by atoms with E-state index in [2.05, 4.69) is 20.4 Å². The molecule has 180 valence electrons. The summed E-state index contributed by atoms with van der Waals surface area (Å²) in [6, 6.07) is 10.9. The molecule has 0 bridgehead atoms. The van der Waals surface area contributed by atoms with Crippen LogP contribution >= 0.6 is 0 Å². The highest BCUT2D eigenvalue weighted by molar-refractivity contribution is 6.00. The van der Waals surface area contributed by atoms with Crippen molar-refractivity contribution >= 4 is 11.6 Å². The Bertz CT molecular complexity index is 1180. The quantitative estimate of drug-likeness (QED) is 0.431. The van der Waals surface area contributed by atoms with Gasteiger partial charge in [0.25, 0.3) is 5.91 Å². The fraction of sp³-hybridized carbons (Fsp3) is 0.280. The maximum atomic E-state index is 15.0. The first-order valence-corrected chi connectivity index (χ1v) is 10.6. The number of nitrogens with zero attached hydrogens (tertiary/aromatic N) is 1. The van der Waals surface area contributed by atoms with Gasteiger partial charge in [0.15, 0.2) is 0 Å². The van der Waals surface area contributed by atoms with Gasteiger partial charge >= 0.3 is 6.61 Å². The number of aromatic nitrogens is 1. The highest BCUT2D eigenvalue weighted by Gasteiger charge is 2.19. The van der Waals surface area contributed by atoms with Crippen LogP contribution in [0.15, 0.2) is 48.7 Å². The normalized spacial score (nSPS) is 11.4. The molecule has 9 heteroatoms. The Morgan fingerprint density at radius 3 is 2.50 bits per heavy atom. The minimum absolute atomic E-state index is 0.0149. The lowest BCUT2D eigenvalue weighted by molar-refractivity contribution is -0.0504. The zero-order valence-electron chi connectivity index (χ0n) is 19.4. The average Bonchev–Trinajstić information content (AvgIpc) is 2.78. The van der Waals surface area contributed by atoms with E-state index in [0.717, 1.165) is 11.6 Å². The predicted octanol–water partition coefficient (Wildman–Crippen LogP) is 4.96. The number of benzene rings is 2. The molecule has 0 spiro atoms. The first kappa shape index (κ1) is 25.0. The van der Waals surface area contributed by atoms with Gasteiger partial charge in [-0.15, -0.1) is 0 Å². The van der Waals surface area contributed by atoms with Crippen LogP contribution in [0.25, 0.3) is 11.1 Å². The van der Waals surface area contributed by atoms with Crippen molar-refractivity contribution in [3.8, 4) is 16.9 Å². The van der Waals surface area contributed by atoms with Crippen molar-refractivity contribution in [2.45, 2.75) is 39.5 Å². The second-order valence-corrected chi connectivity index (χ2v) is 8.45. The fourth-order valence-electron chi connectivity index (χ4n) is 3.45. The summed E-state index contributed by atoms with van der Waals surface area (Å²) in [5, 5.41) is 5.55. The molecule has 0 fully saturated rings. The molecule has 1 heterocycles. The molecule has 0 saturated carbocycles. The summed E-state index contributed by atoms with van der Waals surface area (Å²) in [5.74, 6) is -1.09. The largest absolute Gasteiger partial charge is 0.434 e. The number of nitrogens with two attached hydrogens (primary N) is 1. The Balaban J connectivity index is 2.00. The summed E-state index contributed by atoms with van der Waals surface area (Å²) in [6.45, 7) is 2.53. The van der Waals surface area contributed by atoms with Crippen molar-refractivity contribution in [1.82, 2.24) is 10.3 Å². The molecule has 0 aliphatic heterocycles. The van der Waals surface area contributed by atoms with Crippen LogP contribution in [0.5, 0.6) is 5.75 Å². The maximum Gasteiger partial charge on any atom is 0.387 e. The average molecular weight is 473 g/mol. The Morgan fingerprint density at radius 1 is 1.18 bits per heavy atom. The molecule has 0 aliphatic carbocycles. The van der Waals surface area contributed by atoms with Crippen molar-refractivity contribution in [1.29, 1.82) is 0 Å². The van der Waals surface area contributed by atoms with Crippen LogP contribution in [-0.4, -0.2) is 24.6 Å². The lowest BCUT2D eigenvalue weighted by Gasteiger charge is -2.19. The molecule has 34 heavy (non-hydrogen) atoms. The van der Waals surface area contributed by atoms with Crippen LogP contribution in [0.3, 0.4) is 0 Å². The Kier molecular flexibility index (Phi) is 7.46. The number of carbonyl (C=O) groups is 1. The number of aryl methyl sites for hydroxylation is 1. The van der Waals surface area contributed by atoms with Gasteiger partial charge in [0.05, 0.1) is 16.8 Å². The molecule has 0 aliphatic rings. The molecule has 2 aromatic carbocycles. The first-order chi connectivity index (χ1) is 16.0. The third-order valence-corrected chi connectivity index (χ3v) is 5.21. The second-order valence-electron chi connectivity index (χ2n) is 8.45. The number of rotatable bonds is 8. The highest BCUT2D eigenvalue weighted by Crippen LogP contribution is 2.31. The van der Waals surface area contributed by atoms with Crippen LogP contribution in [0.4, 0.5) is 18.9 Å². The van der Waals surface area contributed by atoms with Gasteiger partial charge in [0.1, 0.15) is 11.6 Å². The van der Waals surface area contributed by atoms with Crippen LogP contribution in [-0.2, 0) is 12.1 Å². The van der Waals surface area contributed by atoms with Gasteiger partial charge in [-0.25, -0.2) is 4.39 Å². The monoisotopic (exact) mass is 472 g/mol. The third-order valence-electron chi connectivity index (χ3n) is 5.21. The number of amides is 1. The van der Waals surface area contributed by atoms with Gasteiger partial charge < -0.3 is 21.1 Å². The third kappa shape index (κ3) is 5.85. The van der Waals surface area contributed by atoms with Crippen LogP contribution in [0.1, 0.15) is 41.0 Å². The van der Waals surface area contributed by atoms with Gasteiger partial charge in [-0.2, -0.15) is 8.78 Å². The fourth-order valence-corrected chi connectivity index (χ4v) is 3.45. The smallest absolute Gasteiger partial charge is 0.387 e. The molecule has 0 radical (unpaired) electrons. The van der Waals surface area contributed by atoms with Crippen LogP contribution in [0.2, 0.25) is 0 Å². The van der Waals surface area contributed by atoms with Crippen molar-refractivity contribution in [2.75, 3.05) is 12.4 Å². The number of alkyl halides is 2. The molecular weight excluding hydrogens is 445 g/mol. The van der Waals surface area contributed by atoms with Crippen molar-refractivity contribution in [3.63, 3.8) is 0 Å². The summed E-state index contributed by atoms with van der Waals surface area (Å²) in [4.78, 5) is 16.7. The lowest BCUT2D eigenvalue weighted by atomic mass is 9.98. The zero-order chi connectivity index (χ0) is 25.0. The molecule has 0 saturated heterocycles. The van der Waals surface area contributed by atoms with E-state index in [1.165, 1.54) is 25.4 Å². The van der Waals surface area contributed by atoms with Gasteiger partial charge in [0, 0.05) is 42.2 Å². The van der Waals surface area contributed by atoms with Crippen LogP contribution < -0.4 is 21.1 Å². The summed E-state index contributed by atoms with van der Waals surface area (Å²) >= 11 is 0. The number of hydrogen-bond acceptors (Lipinski definition) is 5. The molecular formula is C25H27F3N4O2. The first-order valence-electron chi connectivity index (χ1n) is 10.6. The lowest BCUT2D eigenvalue weighted by Crippen LogP contribution is -2.29. The number of hydrogen-bond donors (Lipinski definition) is 3. The van der Waals surface area contributed by atoms with Crippen molar-refractivity contribution < 1.29 is 22.7 Å². The molecule has 3 rings (SSSR count). The minimum atomic E-state index is -2.98. The SMILES string of the molecule is CNC(=O)c1cc(F)c(-c2ccc(C(C)(C)N)nc2)cc1NCc1cc(C)ccc1OC(F)F. The topological polar surface area (TPSA) is 89.3 Å². The van der Waals surface area contributed by atoms with Crippen molar-refractivity contribution in [2.24, 2.45) is 5.73 Å². The summed E-state index contributed by atoms with van der Waals surface area (Å²) in [6.07, 6.45) is 1.51. The molecule has 6 nitrogen and oxygen atoms in total. The molecule has 0 atom stereocenters. The van der Waals surface area contributed by atoms with E-state index in [1.54, 1.807) is 24.3 Å². The van der Waals surface area contributed by atoms with Crippen molar-refractivity contribution in [3.05, 3.63) is 76.9 Å². The second kappa shape index (κ2) is 10.1. The number of halogens is 3. The summed E-state index contributed by atoms with van der Waals surface area (Å²) < 4.78 is 45.2. The number of carbonyl (C=O) groups excluding carboxylic acids is 1. The van der Waals surface area contributed by atoms with Gasteiger partial charge in [-0.1, -0.05) is 23.8 Å². The number of nitrogens with one attached hydrogen (secondary N) is 2. The number of ether oxygens (including phenoxy) is 1. The Morgan fingerprint density at radius 2 is 1.91 bits per heavy atom. The zero-order valence-corrected chi connectivity index (χ0v) is 19.4. The van der Waals surface area contributed by atoms with E-state index in [4.69, 9.17) is 5.73 Å². The van der Waals surface area contributed by atoms with E-state index in [-0.39, 0.29) is 23.4 Å². The van der Waals surface area contributed by atoms with Gasteiger partial charge in [0.2, 0.25) is 0 Å². The number of pyridine rings is 1. The highest BCUT2D eigenvalue weighted by atomic mass is 19.3. The Hall–Kier alpha value is -3.59. The van der Waals surface area contributed by atoms with E-state index >= 15 is 4.39 Å². The molecule has 4 N–H and O–H groups in total. The predicted molar refractivity (Wildman–Crippen MR) is 125 cm³/mol. The standard InChI is InChI=1S/C25H27F3N4O2/c1-14-5-7-21(34-24(27)28)16(9-14)13-31-20-11-17(19(26)10-18(20)23(33)30-4)15-6-8-22(32-12-15)25(2,3)29/h5-12,24,31H,13,29H2,1-4H3,(H,30,33). The molecule has 0 unspecified atom stereocenters. The van der Waals surface area contributed by atoms with E-state index in [1.807, 2.05) is 20.8 Å².